The third-order valence-electron chi connectivity index (χ3n) is 5.09. The number of halogens is 1. The van der Waals surface area contributed by atoms with Gasteiger partial charge < -0.3 is 25.6 Å². The lowest BCUT2D eigenvalue weighted by atomic mass is 10.1. The van der Waals surface area contributed by atoms with E-state index in [1.54, 1.807) is 29.2 Å². The third-order valence-corrected chi connectivity index (χ3v) is 5.09. The first-order chi connectivity index (χ1) is 14.9. The lowest BCUT2D eigenvalue weighted by Crippen LogP contribution is -2.24. The first-order valence-corrected chi connectivity index (χ1v) is 9.69. The van der Waals surface area contributed by atoms with Gasteiger partial charge in [-0.25, -0.2) is 14.4 Å². The van der Waals surface area contributed by atoms with E-state index in [9.17, 15) is 19.4 Å². The van der Waals surface area contributed by atoms with Gasteiger partial charge in [0.25, 0.3) is 5.91 Å². The summed E-state index contributed by atoms with van der Waals surface area (Å²) < 4.78 is 18.7. The second-order valence-corrected chi connectivity index (χ2v) is 7.29. The van der Waals surface area contributed by atoms with E-state index < -0.39 is 12.0 Å². The van der Waals surface area contributed by atoms with Gasteiger partial charge in [0.05, 0.1) is 12.7 Å². The number of aliphatic hydroxyl groups excluding tert-OH is 2. The molecule has 2 atom stereocenters. The molecule has 31 heavy (non-hydrogen) atoms. The number of benzene rings is 2. The molecule has 4 rings (SSSR count). The van der Waals surface area contributed by atoms with Crippen molar-refractivity contribution in [3.63, 3.8) is 0 Å². The van der Waals surface area contributed by atoms with Crippen molar-refractivity contribution in [3.8, 4) is 22.9 Å². The summed E-state index contributed by atoms with van der Waals surface area (Å²) in [6.45, 7) is 0.537. The number of aliphatic hydroxyl groups is 2. The molecule has 1 aliphatic rings. The van der Waals surface area contributed by atoms with Crippen LogP contribution in [0.1, 0.15) is 10.5 Å². The molecule has 0 bridgehead atoms. The lowest BCUT2D eigenvalue weighted by molar-refractivity contribution is 0.0995. The SMILES string of the molecule is NC(=O)c1cc(N2CC(O)C(CO)C2)nc(-c2ccc(Oc3ccc(F)cc3)cc2)n1. The molecule has 1 amide bonds. The minimum atomic E-state index is -0.695. The number of hydrogen-bond acceptors (Lipinski definition) is 7. The van der Waals surface area contributed by atoms with Crippen molar-refractivity contribution in [1.82, 2.24) is 9.97 Å². The number of amides is 1. The molecule has 8 nitrogen and oxygen atoms in total. The van der Waals surface area contributed by atoms with Crippen LogP contribution >= 0.6 is 0 Å². The van der Waals surface area contributed by atoms with Gasteiger partial charge in [-0.2, -0.15) is 0 Å². The predicted molar refractivity (Wildman–Crippen MR) is 111 cm³/mol. The highest BCUT2D eigenvalue weighted by Crippen LogP contribution is 2.28. The van der Waals surface area contributed by atoms with Crippen LogP contribution in [0.5, 0.6) is 11.5 Å². The van der Waals surface area contributed by atoms with Crippen LogP contribution < -0.4 is 15.4 Å². The van der Waals surface area contributed by atoms with Gasteiger partial charge in [0.15, 0.2) is 5.82 Å². The van der Waals surface area contributed by atoms with E-state index in [2.05, 4.69) is 9.97 Å². The number of nitrogens with zero attached hydrogens (tertiary/aromatic N) is 3. The van der Waals surface area contributed by atoms with E-state index in [1.165, 1.54) is 30.3 Å². The summed E-state index contributed by atoms with van der Waals surface area (Å²) in [5.41, 5.74) is 6.13. The zero-order valence-electron chi connectivity index (χ0n) is 16.5. The Balaban J connectivity index is 1.60. The second-order valence-electron chi connectivity index (χ2n) is 7.29. The quantitative estimate of drug-likeness (QED) is 0.553. The third kappa shape index (κ3) is 4.62. The molecule has 1 saturated heterocycles. The zero-order valence-corrected chi connectivity index (χ0v) is 16.5. The number of carbonyl (C=O) groups excluding carboxylic acids is 1. The van der Waals surface area contributed by atoms with Crippen molar-refractivity contribution < 1.29 is 24.1 Å². The van der Waals surface area contributed by atoms with E-state index >= 15 is 0 Å². The molecule has 2 heterocycles. The van der Waals surface area contributed by atoms with Crippen LogP contribution in [0.15, 0.2) is 54.6 Å². The topological polar surface area (TPSA) is 122 Å². The fourth-order valence-corrected chi connectivity index (χ4v) is 3.38. The Morgan fingerprint density at radius 3 is 2.32 bits per heavy atom. The van der Waals surface area contributed by atoms with Gasteiger partial charge >= 0.3 is 0 Å². The van der Waals surface area contributed by atoms with Gasteiger partial charge in [-0.15, -0.1) is 0 Å². The van der Waals surface area contributed by atoms with E-state index in [0.29, 0.717) is 35.2 Å². The second kappa shape index (κ2) is 8.66. The highest BCUT2D eigenvalue weighted by atomic mass is 19.1. The average molecular weight is 424 g/mol. The molecule has 4 N–H and O–H groups in total. The molecular weight excluding hydrogens is 403 g/mol. The number of carbonyl (C=O) groups is 1. The van der Waals surface area contributed by atoms with Crippen molar-refractivity contribution in [3.05, 3.63) is 66.1 Å². The number of primary amides is 1. The fourth-order valence-electron chi connectivity index (χ4n) is 3.38. The molecular formula is C22H21FN4O4. The highest BCUT2D eigenvalue weighted by Gasteiger charge is 2.32. The standard InChI is InChI=1S/C22H21FN4O4/c23-15-3-7-17(8-4-15)31-16-5-1-13(2-6-16)22-25-18(21(24)30)9-20(26-22)27-10-14(12-28)19(29)11-27/h1-9,14,19,28-29H,10-12H2,(H2,24,30). The first kappa shape index (κ1) is 20.7. The van der Waals surface area contributed by atoms with Crippen molar-refractivity contribution >= 4 is 11.7 Å². The van der Waals surface area contributed by atoms with Crippen LogP contribution in [0.25, 0.3) is 11.4 Å². The van der Waals surface area contributed by atoms with E-state index in [0.717, 1.165) is 0 Å². The van der Waals surface area contributed by atoms with Gasteiger partial charge in [0, 0.05) is 30.6 Å². The molecule has 0 radical (unpaired) electrons. The van der Waals surface area contributed by atoms with Crippen LogP contribution in [0.3, 0.4) is 0 Å². The van der Waals surface area contributed by atoms with E-state index in [-0.39, 0.29) is 30.6 Å². The summed E-state index contributed by atoms with van der Waals surface area (Å²) in [7, 11) is 0. The van der Waals surface area contributed by atoms with Crippen molar-refractivity contribution in [2.24, 2.45) is 11.7 Å². The van der Waals surface area contributed by atoms with E-state index in [4.69, 9.17) is 10.5 Å². The maximum Gasteiger partial charge on any atom is 0.267 e. The number of nitrogens with two attached hydrogens (primary N) is 1. The molecule has 160 valence electrons. The van der Waals surface area contributed by atoms with Crippen LogP contribution in [-0.4, -0.2) is 51.9 Å². The summed E-state index contributed by atoms with van der Waals surface area (Å²) >= 11 is 0. The van der Waals surface area contributed by atoms with Gasteiger partial charge in [-0.05, 0) is 48.5 Å². The molecule has 0 spiro atoms. The summed E-state index contributed by atoms with van der Waals surface area (Å²) in [5.74, 6) is 0.435. The van der Waals surface area contributed by atoms with Crippen LogP contribution in [0, 0.1) is 11.7 Å². The Hall–Kier alpha value is -3.56. The largest absolute Gasteiger partial charge is 0.457 e. The van der Waals surface area contributed by atoms with Crippen LogP contribution in [0.4, 0.5) is 10.2 Å². The highest BCUT2D eigenvalue weighted by molar-refractivity contribution is 5.92. The lowest BCUT2D eigenvalue weighted by Gasteiger charge is -2.18. The number of hydrogen-bond donors (Lipinski definition) is 3. The van der Waals surface area contributed by atoms with Crippen molar-refractivity contribution in [2.45, 2.75) is 6.10 Å². The van der Waals surface area contributed by atoms with Gasteiger partial charge in [-0.1, -0.05) is 0 Å². The molecule has 0 aliphatic carbocycles. The maximum absolute atomic E-state index is 13.0. The molecule has 1 fully saturated rings. The number of ether oxygens (including phenoxy) is 1. The molecule has 1 aliphatic heterocycles. The molecule has 3 aromatic rings. The Morgan fingerprint density at radius 1 is 1.10 bits per heavy atom. The Morgan fingerprint density at radius 2 is 1.74 bits per heavy atom. The molecule has 2 aromatic carbocycles. The van der Waals surface area contributed by atoms with Crippen molar-refractivity contribution in [2.75, 3.05) is 24.6 Å². The minimum Gasteiger partial charge on any atom is -0.457 e. The number of anilines is 1. The summed E-state index contributed by atoms with van der Waals surface area (Å²) in [5, 5.41) is 19.5. The van der Waals surface area contributed by atoms with E-state index in [1.807, 2.05) is 0 Å². The molecule has 1 aromatic heterocycles. The summed E-state index contributed by atoms with van der Waals surface area (Å²) in [4.78, 5) is 22.4. The van der Waals surface area contributed by atoms with Gasteiger partial charge in [0.2, 0.25) is 0 Å². The molecule has 9 heteroatoms. The Kier molecular flexibility index (Phi) is 5.79. The number of β-amino-alcohol motifs (C(OH)–C–C–N with tert-alkyl or cyclic N) is 1. The maximum atomic E-state index is 13.0. The van der Waals surface area contributed by atoms with Crippen LogP contribution in [-0.2, 0) is 0 Å². The predicted octanol–water partition coefficient (Wildman–Crippen LogP) is 1.96. The normalized spacial score (nSPS) is 18.2. The summed E-state index contributed by atoms with van der Waals surface area (Å²) in [6, 6.07) is 14.0. The summed E-state index contributed by atoms with van der Waals surface area (Å²) in [6.07, 6.45) is -0.691. The number of rotatable bonds is 6. The average Bonchev–Trinajstić information content (AvgIpc) is 3.16. The molecule has 0 saturated carbocycles. The van der Waals surface area contributed by atoms with Crippen LogP contribution in [0.2, 0.25) is 0 Å². The zero-order chi connectivity index (χ0) is 22.0. The van der Waals surface area contributed by atoms with Gasteiger partial charge in [0.1, 0.15) is 28.8 Å². The Bertz CT molecular complexity index is 1080. The fraction of sp³-hybridized carbons (Fsp3) is 0.227. The Labute approximate surface area is 177 Å². The monoisotopic (exact) mass is 424 g/mol. The van der Waals surface area contributed by atoms with Crippen molar-refractivity contribution in [1.29, 1.82) is 0 Å². The number of aromatic nitrogens is 2. The molecule has 2 unspecified atom stereocenters. The first-order valence-electron chi connectivity index (χ1n) is 9.69. The van der Waals surface area contributed by atoms with Gasteiger partial charge in [-0.3, -0.25) is 4.79 Å². The minimum absolute atomic E-state index is 0.0496. The smallest absolute Gasteiger partial charge is 0.267 e.